The summed E-state index contributed by atoms with van der Waals surface area (Å²) in [6, 6.07) is 7.08. The molecule has 1 aliphatic heterocycles. The Labute approximate surface area is 117 Å². The fourth-order valence-corrected chi connectivity index (χ4v) is 2.24. The van der Waals surface area contributed by atoms with E-state index in [2.05, 4.69) is 17.6 Å². The number of benzene rings is 1. The average molecular weight is 274 g/mol. The number of amides is 1. The van der Waals surface area contributed by atoms with E-state index in [0.717, 1.165) is 23.9 Å². The minimum Gasteiger partial charge on any atom is -0.478 e. The largest absolute Gasteiger partial charge is 0.478 e. The van der Waals surface area contributed by atoms with Crippen molar-refractivity contribution in [2.75, 3.05) is 18.4 Å². The Kier molecular flexibility index (Phi) is 4.53. The van der Waals surface area contributed by atoms with Crippen molar-refractivity contribution < 1.29 is 14.7 Å². The second-order valence-corrected chi connectivity index (χ2v) is 5.02. The molecular weight excluding hydrogens is 256 g/mol. The number of hydrogen-bond acceptors (Lipinski definition) is 3. The fraction of sp³-hybridized carbons (Fsp3) is 0.333. The normalized spacial score (nSPS) is 22.1. The number of nitrogens with one attached hydrogen (secondary N) is 2. The summed E-state index contributed by atoms with van der Waals surface area (Å²) >= 11 is 0. The van der Waals surface area contributed by atoms with Gasteiger partial charge in [0, 0.05) is 18.3 Å². The van der Waals surface area contributed by atoms with Gasteiger partial charge in [0.05, 0.1) is 5.92 Å². The first kappa shape index (κ1) is 14.3. The van der Waals surface area contributed by atoms with Crippen LogP contribution in [0.15, 0.2) is 30.3 Å². The standard InChI is InChI=1S/C15H18N2O3/c1-10-8-16-9-13(10)15(20)17-12-5-2-11(3-6-12)4-7-14(18)19/h2-7,10,13,16H,8-9H2,1H3,(H,17,20)(H,18,19)/b7-4+. The molecule has 2 rings (SSSR count). The van der Waals surface area contributed by atoms with Gasteiger partial charge in [-0.3, -0.25) is 4.79 Å². The van der Waals surface area contributed by atoms with Gasteiger partial charge in [-0.1, -0.05) is 19.1 Å². The molecular formula is C15H18N2O3. The summed E-state index contributed by atoms with van der Waals surface area (Å²) in [7, 11) is 0. The third-order valence-electron chi connectivity index (χ3n) is 3.45. The second kappa shape index (κ2) is 6.34. The van der Waals surface area contributed by atoms with Gasteiger partial charge < -0.3 is 15.7 Å². The van der Waals surface area contributed by atoms with E-state index in [1.165, 1.54) is 6.08 Å². The van der Waals surface area contributed by atoms with Gasteiger partial charge in [-0.2, -0.15) is 0 Å². The maximum absolute atomic E-state index is 12.1. The molecule has 1 amide bonds. The molecule has 1 aromatic rings. The van der Waals surface area contributed by atoms with Crippen molar-refractivity contribution in [3.63, 3.8) is 0 Å². The number of rotatable bonds is 4. The summed E-state index contributed by atoms with van der Waals surface area (Å²) in [6.07, 6.45) is 2.59. The Morgan fingerprint density at radius 3 is 2.55 bits per heavy atom. The molecule has 0 radical (unpaired) electrons. The van der Waals surface area contributed by atoms with E-state index in [4.69, 9.17) is 5.11 Å². The van der Waals surface area contributed by atoms with E-state index < -0.39 is 5.97 Å². The van der Waals surface area contributed by atoms with Crippen molar-refractivity contribution in [2.45, 2.75) is 6.92 Å². The lowest BCUT2D eigenvalue weighted by molar-refractivity contribution is -0.131. The minimum absolute atomic E-state index is 0.00147. The predicted octanol–water partition coefficient (Wildman–Crippen LogP) is 1.58. The van der Waals surface area contributed by atoms with Crippen LogP contribution in [0.5, 0.6) is 0 Å². The lowest BCUT2D eigenvalue weighted by atomic mass is 9.97. The maximum Gasteiger partial charge on any atom is 0.328 e. The first-order valence-electron chi connectivity index (χ1n) is 6.59. The van der Waals surface area contributed by atoms with Crippen molar-refractivity contribution in [3.05, 3.63) is 35.9 Å². The Hall–Kier alpha value is -2.14. The van der Waals surface area contributed by atoms with E-state index in [1.54, 1.807) is 24.3 Å². The molecule has 5 heteroatoms. The molecule has 1 aromatic carbocycles. The number of carbonyl (C=O) groups excluding carboxylic acids is 1. The Morgan fingerprint density at radius 1 is 1.30 bits per heavy atom. The molecule has 20 heavy (non-hydrogen) atoms. The molecule has 2 unspecified atom stereocenters. The molecule has 0 bridgehead atoms. The van der Waals surface area contributed by atoms with Gasteiger partial charge in [-0.25, -0.2) is 4.79 Å². The quantitative estimate of drug-likeness (QED) is 0.728. The highest BCUT2D eigenvalue weighted by Gasteiger charge is 2.29. The highest BCUT2D eigenvalue weighted by Crippen LogP contribution is 2.19. The van der Waals surface area contributed by atoms with E-state index >= 15 is 0 Å². The molecule has 3 N–H and O–H groups in total. The molecule has 106 valence electrons. The van der Waals surface area contributed by atoms with Crippen molar-refractivity contribution in [1.82, 2.24) is 5.32 Å². The van der Waals surface area contributed by atoms with Gasteiger partial charge in [-0.05, 0) is 36.2 Å². The van der Waals surface area contributed by atoms with Crippen molar-refractivity contribution in [3.8, 4) is 0 Å². The maximum atomic E-state index is 12.1. The first-order chi connectivity index (χ1) is 9.56. The molecule has 0 aliphatic carbocycles. The smallest absolute Gasteiger partial charge is 0.328 e. The van der Waals surface area contributed by atoms with Gasteiger partial charge in [0.25, 0.3) is 0 Å². The molecule has 1 heterocycles. The SMILES string of the molecule is CC1CNCC1C(=O)Nc1ccc(/C=C/C(=O)O)cc1. The van der Waals surface area contributed by atoms with Crippen LogP contribution >= 0.6 is 0 Å². The zero-order valence-electron chi connectivity index (χ0n) is 11.3. The van der Waals surface area contributed by atoms with Crippen LogP contribution in [0.2, 0.25) is 0 Å². The van der Waals surface area contributed by atoms with Crippen molar-refractivity contribution in [1.29, 1.82) is 0 Å². The second-order valence-electron chi connectivity index (χ2n) is 5.02. The average Bonchev–Trinajstić information content (AvgIpc) is 2.84. The van der Waals surface area contributed by atoms with Crippen LogP contribution in [0.3, 0.4) is 0 Å². The van der Waals surface area contributed by atoms with Gasteiger partial charge in [0.2, 0.25) is 5.91 Å². The van der Waals surface area contributed by atoms with E-state index in [-0.39, 0.29) is 11.8 Å². The van der Waals surface area contributed by atoms with E-state index in [9.17, 15) is 9.59 Å². The number of carbonyl (C=O) groups is 2. The van der Waals surface area contributed by atoms with Crippen LogP contribution in [-0.2, 0) is 9.59 Å². The number of anilines is 1. The van der Waals surface area contributed by atoms with Crippen molar-refractivity contribution >= 4 is 23.6 Å². The number of carboxylic acid groups (broad SMARTS) is 1. The van der Waals surface area contributed by atoms with Gasteiger partial charge >= 0.3 is 5.97 Å². The molecule has 2 atom stereocenters. The van der Waals surface area contributed by atoms with Crippen LogP contribution in [0.4, 0.5) is 5.69 Å². The molecule has 5 nitrogen and oxygen atoms in total. The zero-order chi connectivity index (χ0) is 14.5. The Balaban J connectivity index is 1.96. The summed E-state index contributed by atoms with van der Waals surface area (Å²) in [5, 5.41) is 14.6. The van der Waals surface area contributed by atoms with Gasteiger partial charge in [-0.15, -0.1) is 0 Å². The number of aliphatic carboxylic acids is 1. The topological polar surface area (TPSA) is 78.4 Å². The van der Waals surface area contributed by atoms with Crippen LogP contribution in [0.25, 0.3) is 6.08 Å². The number of hydrogen-bond donors (Lipinski definition) is 3. The highest BCUT2D eigenvalue weighted by atomic mass is 16.4. The van der Waals surface area contributed by atoms with Crippen LogP contribution in [0, 0.1) is 11.8 Å². The lowest BCUT2D eigenvalue weighted by Gasteiger charge is -2.14. The summed E-state index contributed by atoms with van der Waals surface area (Å²) in [5.74, 6) is -0.615. The molecule has 0 spiro atoms. The molecule has 0 saturated carbocycles. The van der Waals surface area contributed by atoms with E-state index in [1.807, 2.05) is 0 Å². The summed E-state index contributed by atoms with van der Waals surface area (Å²) in [4.78, 5) is 22.5. The van der Waals surface area contributed by atoms with Gasteiger partial charge in [0.1, 0.15) is 0 Å². The van der Waals surface area contributed by atoms with Gasteiger partial charge in [0.15, 0.2) is 0 Å². The minimum atomic E-state index is -0.981. The van der Waals surface area contributed by atoms with Crippen molar-refractivity contribution in [2.24, 2.45) is 11.8 Å². The van der Waals surface area contributed by atoms with E-state index in [0.29, 0.717) is 12.5 Å². The first-order valence-corrected chi connectivity index (χ1v) is 6.59. The summed E-state index contributed by atoms with van der Waals surface area (Å²) in [5.41, 5.74) is 1.50. The zero-order valence-corrected chi connectivity index (χ0v) is 11.3. The Bertz CT molecular complexity index is 522. The molecule has 0 aromatic heterocycles. The highest BCUT2D eigenvalue weighted by molar-refractivity contribution is 5.93. The predicted molar refractivity (Wildman–Crippen MR) is 77.3 cm³/mol. The Morgan fingerprint density at radius 2 is 2.00 bits per heavy atom. The third-order valence-corrected chi connectivity index (χ3v) is 3.45. The monoisotopic (exact) mass is 274 g/mol. The third kappa shape index (κ3) is 3.68. The van der Waals surface area contributed by atoms with Crippen LogP contribution in [0.1, 0.15) is 12.5 Å². The molecule has 1 fully saturated rings. The summed E-state index contributed by atoms with van der Waals surface area (Å²) in [6.45, 7) is 3.65. The molecule has 1 aliphatic rings. The molecule has 1 saturated heterocycles. The fourth-order valence-electron chi connectivity index (χ4n) is 2.24. The summed E-state index contributed by atoms with van der Waals surface area (Å²) < 4.78 is 0. The van der Waals surface area contributed by atoms with Crippen LogP contribution in [-0.4, -0.2) is 30.1 Å². The van der Waals surface area contributed by atoms with Crippen LogP contribution < -0.4 is 10.6 Å². The lowest BCUT2D eigenvalue weighted by Crippen LogP contribution is -2.27. The number of carboxylic acids is 1.